The summed E-state index contributed by atoms with van der Waals surface area (Å²) in [4.78, 5) is 22.7. The predicted molar refractivity (Wildman–Crippen MR) is 158 cm³/mol. The van der Waals surface area contributed by atoms with Gasteiger partial charge in [0, 0.05) is 44.0 Å². The number of benzene rings is 1. The fourth-order valence-electron chi connectivity index (χ4n) is 5.26. The molecule has 2 aliphatic rings. The summed E-state index contributed by atoms with van der Waals surface area (Å²) < 4.78 is 7.78. The highest BCUT2D eigenvalue weighted by atomic mass is 16.5. The number of rotatable bonds is 7. The van der Waals surface area contributed by atoms with Crippen molar-refractivity contribution in [2.45, 2.75) is 71.7 Å². The second-order valence-electron chi connectivity index (χ2n) is 11.5. The average Bonchev–Trinajstić information content (AvgIpc) is 3.35. The third-order valence-corrected chi connectivity index (χ3v) is 7.94. The molecule has 3 atom stereocenters. The standard InChI is InChI=1S/C16H25NO.C15H19N6O/c1-12(2)18-15-8-5-7-14(11-15)16-9-6-10-17(4)13(16)3;1-11-6-12-7-16-15(17-8-13-4-5-20(2)19-13)18-14(12)9-21(11,3)10-22/h5,7-8,11-13,16H,6,9-10H2,1-4H3;4-7,10H,8-9H2,1-3H3,(H,16,17,18)/q;+1. The first-order valence-electron chi connectivity index (χ1n) is 14.1. The van der Waals surface area contributed by atoms with Crippen LogP contribution in [0.1, 0.15) is 69.0 Å². The molecule has 40 heavy (non-hydrogen) atoms. The predicted octanol–water partition coefficient (Wildman–Crippen LogP) is 4.97. The van der Waals surface area contributed by atoms with Crippen LogP contribution < -0.4 is 10.1 Å². The number of piperidine rings is 1. The van der Waals surface area contributed by atoms with E-state index in [2.05, 4.69) is 77.4 Å². The second kappa shape index (κ2) is 12.7. The van der Waals surface area contributed by atoms with Crippen LogP contribution in [0.4, 0.5) is 5.95 Å². The third kappa shape index (κ3) is 7.14. The number of aromatic nitrogens is 4. The van der Waals surface area contributed by atoms with Gasteiger partial charge in [0.05, 0.1) is 25.4 Å². The Labute approximate surface area is 238 Å². The normalized spacial score (nSPS) is 22.6. The van der Waals surface area contributed by atoms with E-state index >= 15 is 0 Å². The molecular formula is C31H44N7O2+. The van der Waals surface area contributed by atoms with Crippen LogP contribution in [0.2, 0.25) is 0 Å². The van der Waals surface area contributed by atoms with Crippen LogP contribution in [0.3, 0.4) is 0 Å². The molecule has 2 aromatic heterocycles. The highest BCUT2D eigenvalue weighted by Gasteiger charge is 2.31. The van der Waals surface area contributed by atoms with Gasteiger partial charge in [-0.2, -0.15) is 5.10 Å². The first-order valence-corrected chi connectivity index (χ1v) is 14.1. The van der Waals surface area contributed by atoms with E-state index in [-0.39, 0.29) is 10.6 Å². The molecule has 3 aromatic rings. The molecule has 5 rings (SSSR count). The summed E-state index contributed by atoms with van der Waals surface area (Å²) in [6.45, 7) is 10.8. The van der Waals surface area contributed by atoms with Gasteiger partial charge in [-0.25, -0.2) is 19.2 Å². The highest BCUT2D eigenvalue weighted by Crippen LogP contribution is 2.33. The topological polar surface area (TPSA) is 85.2 Å². The zero-order chi connectivity index (χ0) is 28.9. The lowest BCUT2D eigenvalue weighted by molar-refractivity contribution is -0.800. The monoisotopic (exact) mass is 546 g/mol. The fourth-order valence-corrected chi connectivity index (χ4v) is 5.26. The number of carbonyl (C=O) groups is 1. The molecule has 214 valence electrons. The minimum absolute atomic E-state index is 0.226. The van der Waals surface area contributed by atoms with Crippen LogP contribution in [0, 0.1) is 0 Å². The molecule has 4 heterocycles. The Balaban J connectivity index is 0.000000189. The lowest BCUT2D eigenvalue weighted by atomic mass is 9.84. The van der Waals surface area contributed by atoms with Crippen LogP contribution in [0.25, 0.3) is 6.08 Å². The van der Waals surface area contributed by atoms with Crippen molar-refractivity contribution in [1.29, 1.82) is 0 Å². The number of anilines is 1. The Morgan fingerprint density at radius 3 is 2.75 bits per heavy atom. The number of amides is 1. The summed E-state index contributed by atoms with van der Waals surface area (Å²) >= 11 is 0. The molecule has 3 unspecified atom stereocenters. The number of allylic oxidation sites excluding steroid dienone is 1. The number of ether oxygens (including phenoxy) is 1. The maximum atomic E-state index is 11.4. The third-order valence-electron chi connectivity index (χ3n) is 7.94. The number of aryl methyl sites for hydroxylation is 1. The minimum atomic E-state index is 0.226. The molecule has 0 saturated carbocycles. The number of likely N-dealkylation sites (N-methyl/N-ethyl adjacent to an activating group) is 1. The van der Waals surface area contributed by atoms with Gasteiger partial charge in [-0.05, 0) is 76.9 Å². The lowest BCUT2D eigenvalue weighted by Crippen LogP contribution is -2.42. The van der Waals surface area contributed by atoms with Crippen molar-refractivity contribution in [2.24, 2.45) is 7.05 Å². The van der Waals surface area contributed by atoms with Crippen molar-refractivity contribution >= 4 is 18.4 Å². The summed E-state index contributed by atoms with van der Waals surface area (Å²) in [6, 6.07) is 11.2. The SMILES string of the molecule is CC(C)Oc1cccc(C2CCCN(C)C2C)c1.CC1=Cc2cnc(NCc3ccn(C)n3)nc2C[N+]1(C)C=O. The van der Waals surface area contributed by atoms with Crippen LogP contribution in [0.15, 0.2) is 48.4 Å². The van der Waals surface area contributed by atoms with E-state index in [9.17, 15) is 4.79 Å². The van der Waals surface area contributed by atoms with E-state index < -0.39 is 0 Å². The molecule has 1 amide bonds. The van der Waals surface area contributed by atoms with Crippen LogP contribution >= 0.6 is 0 Å². The second-order valence-corrected chi connectivity index (χ2v) is 11.5. The van der Waals surface area contributed by atoms with E-state index in [0.717, 1.165) is 34.8 Å². The molecule has 0 spiro atoms. The first-order chi connectivity index (χ1) is 19.1. The van der Waals surface area contributed by atoms with Gasteiger partial charge in [0.1, 0.15) is 23.7 Å². The zero-order valence-electron chi connectivity index (χ0n) is 25.0. The van der Waals surface area contributed by atoms with Gasteiger partial charge in [-0.3, -0.25) is 4.68 Å². The summed E-state index contributed by atoms with van der Waals surface area (Å²) in [7, 11) is 5.99. The van der Waals surface area contributed by atoms with Crippen LogP contribution in [-0.4, -0.2) is 68.3 Å². The van der Waals surface area contributed by atoms with E-state index in [1.54, 1.807) is 10.9 Å². The minimum Gasteiger partial charge on any atom is -0.491 e. The van der Waals surface area contributed by atoms with Crippen molar-refractivity contribution in [3.05, 3.63) is 70.9 Å². The van der Waals surface area contributed by atoms with Crippen molar-refractivity contribution in [1.82, 2.24) is 24.6 Å². The summed E-state index contributed by atoms with van der Waals surface area (Å²) in [5.74, 6) is 2.19. The maximum Gasteiger partial charge on any atom is 0.306 e. The molecule has 0 bridgehead atoms. The van der Waals surface area contributed by atoms with E-state index in [1.165, 1.54) is 24.9 Å². The molecule has 1 N–H and O–H groups in total. The first kappa shape index (κ1) is 29.4. The van der Waals surface area contributed by atoms with Gasteiger partial charge >= 0.3 is 6.41 Å². The Morgan fingerprint density at radius 1 is 1.25 bits per heavy atom. The van der Waals surface area contributed by atoms with Gasteiger partial charge in [0.2, 0.25) is 5.95 Å². The van der Waals surface area contributed by atoms with Crippen molar-refractivity contribution in [3.8, 4) is 5.75 Å². The summed E-state index contributed by atoms with van der Waals surface area (Å²) in [5.41, 5.74) is 5.18. The molecule has 0 radical (unpaired) electrons. The lowest BCUT2D eigenvalue weighted by Gasteiger charge is -2.37. The Kier molecular flexibility index (Phi) is 9.37. The molecule has 1 fully saturated rings. The van der Waals surface area contributed by atoms with Gasteiger partial charge in [0.25, 0.3) is 0 Å². The van der Waals surface area contributed by atoms with Crippen molar-refractivity contribution < 1.29 is 14.0 Å². The number of nitrogens with zero attached hydrogens (tertiary/aromatic N) is 6. The van der Waals surface area contributed by atoms with Gasteiger partial charge in [-0.15, -0.1) is 0 Å². The van der Waals surface area contributed by atoms with Crippen LogP contribution in [0.5, 0.6) is 5.75 Å². The van der Waals surface area contributed by atoms with Gasteiger partial charge in [0.15, 0.2) is 0 Å². The zero-order valence-corrected chi connectivity index (χ0v) is 25.0. The van der Waals surface area contributed by atoms with Gasteiger partial charge in [-0.1, -0.05) is 12.1 Å². The van der Waals surface area contributed by atoms with E-state index in [1.807, 2.05) is 39.4 Å². The Bertz CT molecular complexity index is 1330. The van der Waals surface area contributed by atoms with Crippen molar-refractivity contribution in [2.75, 3.05) is 26.0 Å². The molecule has 2 aliphatic heterocycles. The molecule has 0 aliphatic carbocycles. The number of nitrogens with one attached hydrogen (secondary N) is 1. The fraction of sp³-hybridized carbons (Fsp3) is 0.484. The van der Waals surface area contributed by atoms with E-state index in [0.29, 0.717) is 31.0 Å². The van der Waals surface area contributed by atoms with E-state index in [4.69, 9.17) is 4.74 Å². The van der Waals surface area contributed by atoms with Crippen molar-refractivity contribution in [3.63, 3.8) is 0 Å². The quantitative estimate of drug-likeness (QED) is 0.331. The Morgan fingerprint density at radius 2 is 2.05 bits per heavy atom. The number of carbonyl (C=O) groups excluding carboxylic acids is 1. The molecule has 1 aromatic carbocycles. The number of likely N-dealkylation sites (tertiary alicyclic amines) is 1. The molecule has 9 heteroatoms. The summed E-state index contributed by atoms with van der Waals surface area (Å²) in [5, 5.41) is 7.47. The number of hydrogen-bond donors (Lipinski definition) is 1. The highest BCUT2D eigenvalue weighted by molar-refractivity contribution is 5.58. The van der Waals surface area contributed by atoms with Gasteiger partial charge < -0.3 is 15.0 Å². The molecule has 1 saturated heterocycles. The Hall–Kier alpha value is -3.56. The number of quaternary nitrogens is 1. The smallest absolute Gasteiger partial charge is 0.306 e. The average molecular weight is 547 g/mol. The molecule has 9 nitrogen and oxygen atoms in total. The number of hydrogen-bond acceptors (Lipinski definition) is 7. The van der Waals surface area contributed by atoms with Crippen LogP contribution in [-0.2, 0) is 24.9 Å². The number of fused-ring (bicyclic) bond motifs is 1. The largest absolute Gasteiger partial charge is 0.491 e. The molecular weight excluding hydrogens is 502 g/mol. The summed E-state index contributed by atoms with van der Waals surface area (Å²) in [6.07, 6.45) is 9.42. The maximum absolute atomic E-state index is 11.4.